The molecule has 2 aromatic heterocycles. The number of benzene rings is 1. The van der Waals surface area contributed by atoms with Gasteiger partial charge in [-0.15, -0.1) is 0 Å². The molecule has 4 rings (SSSR count). The lowest BCUT2D eigenvalue weighted by Crippen LogP contribution is -2.35. The molecule has 1 saturated heterocycles. The third-order valence-electron chi connectivity index (χ3n) is 4.02. The van der Waals surface area contributed by atoms with Gasteiger partial charge in [0.1, 0.15) is 12.4 Å². The summed E-state index contributed by atoms with van der Waals surface area (Å²) in [6.45, 7) is 1.31. The van der Waals surface area contributed by atoms with Gasteiger partial charge in [0.15, 0.2) is 11.5 Å². The van der Waals surface area contributed by atoms with Gasteiger partial charge in [-0.05, 0) is 25.0 Å². The van der Waals surface area contributed by atoms with Crippen molar-refractivity contribution in [3.8, 4) is 5.75 Å². The van der Waals surface area contributed by atoms with E-state index in [1.807, 2.05) is 24.3 Å². The van der Waals surface area contributed by atoms with Gasteiger partial charge in [0.2, 0.25) is 0 Å². The molecular formula is C18H17N3O4. The van der Waals surface area contributed by atoms with E-state index in [0.717, 1.165) is 29.4 Å². The monoisotopic (exact) mass is 339 g/mol. The van der Waals surface area contributed by atoms with Crippen LogP contribution in [0.4, 0.5) is 0 Å². The molecule has 0 bridgehead atoms. The van der Waals surface area contributed by atoms with Crippen LogP contribution in [0.25, 0.3) is 10.8 Å². The van der Waals surface area contributed by atoms with E-state index < -0.39 is 0 Å². The molecule has 1 aliphatic rings. The number of fused-ring (bicyclic) bond motifs is 1. The minimum atomic E-state index is -0.286. The Morgan fingerprint density at radius 3 is 3.12 bits per heavy atom. The summed E-state index contributed by atoms with van der Waals surface area (Å²) in [5, 5.41) is 7.13. The highest BCUT2D eigenvalue weighted by molar-refractivity contribution is 5.91. The number of carbonyl (C=O) groups is 1. The van der Waals surface area contributed by atoms with Crippen molar-refractivity contribution in [2.75, 3.05) is 13.2 Å². The van der Waals surface area contributed by atoms with Crippen LogP contribution in [0.3, 0.4) is 0 Å². The predicted molar refractivity (Wildman–Crippen MR) is 88.8 cm³/mol. The van der Waals surface area contributed by atoms with Crippen LogP contribution < -0.4 is 4.74 Å². The fraction of sp³-hybridized carbons (Fsp3) is 0.278. The smallest absolute Gasteiger partial charge is 0.299 e. The second-order valence-electron chi connectivity index (χ2n) is 5.77. The van der Waals surface area contributed by atoms with E-state index in [9.17, 15) is 4.79 Å². The van der Waals surface area contributed by atoms with E-state index in [-0.39, 0.29) is 18.2 Å². The number of ether oxygens (including phenoxy) is 1. The van der Waals surface area contributed by atoms with E-state index in [4.69, 9.17) is 14.1 Å². The molecule has 0 unspecified atom stereocenters. The molecule has 0 atom stereocenters. The maximum Gasteiger partial charge on any atom is 0.299 e. The number of aromatic nitrogens is 2. The zero-order valence-electron chi connectivity index (χ0n) is 13.6. The number of hydrogen-bond acceptors (Lipinski definition) is 6. The van der Waals surface area contributed by atoms with Gasteiger partial charge in [-0.1, -0.05) is 17.3 Å². The minimum absolute atomic E-state index is 0.183. The summed E-state index contributed by atoms with van der Waals surface area (Å²) < 4.78 is 11.0. The van der Waals surface area contributed by atoms with Crippen molar-refractivity contribution in [3.05, 3.63) is 54.2 Å². The molecule has 0 radical (unpaired) electrons. The number of pyridine rings is 1. The molecule has 3 heterocycles. The van der Waals surface area contributed by atoms with Crippen molar-refractivity contribution < 1.29 is 18.9 Å². The van der Waals surface area contributed by atoms with E-state index in [2.05, 4.69) is 10.1 Å². The molecule has 7 nitrogen and oxygen atoms in total. The van der Waals surface area contributed by atoms with Gasteiger partial charge in [0, 0.05) is 35.8 Å². The van der Waals surface area contributed by atoms with Gasteiger partial charge in [-0.3, -0.25) is 14.6 Å². The van der Waals surface area contributed by atoms with Gasteiger partial charge in [-0.25, -0.2) is 5.06 Å². The van der Waals surface area contributed by atoms with Crippen LogP contribution in [0.5, 0.6) is 5.75 Å². The highest BCUT2D eigenvalue weighted by Gasteiger charge is 2.23. The molecular weight excluding hydrogens is 322 g/mol. The molecule has 25 heavy (non-hydrogen) atoms. The number of hydroxylamine groups is 2. The predicted octanol–water partition coefficient (Wildman–Crippen LogP) is 2.97. The van der Waals surface area contributed by atoms with Gasteiger partial charge in [0.05, 0.1) is 6.61 Å². The fourth-order valence-corrected chi connectivity index (χ4v) is 2.73. The summed E-state index contributed by atoms with van der Waals surface area (Å²) in [7, 11) is 0. The van der Waals surface area contributed by atoms with Gasteiger partial charge in [0.25, 0.3) is 5.91 Å². The average molecular weight is 339 g/mol. The summed E-state index contributed by atoms with van der Waals surface area (Å²) in [5.41, 5.74) is 0.225. The molecule has 0 saturated carbocycles. The molecule has 3 aromatic rings. The highest BCUT2D eigenvalue weighted by atomic mass is 16.7. The summed E-state index contributed by atoms with van der Waals surface area (Å²) in [5.74, 6) is 0.917. The fourth-order valence-electron chi connectivity index (χ4n) is 2.73. The second kappa shape index (κ2) is 6.90. The first-order valence-corrected chi connectivity index (χ1v) is 8.17. The van der Waals surface area contributed by atoms with Gasteiger partial charge in [-0.2, -0.15) is 0 Å². The number of rotatable bonds is 4. The molecule has 0 N–H and O–H groups in total. The average Bonchev–Trinajstić information content (AvgIpc) is 3.15. The third-order valence-corrected chi connectivity index (χ3v) is 4.02. The standard InChI is InChI=1S/C18H17N3O4/c22-18(21-8-1-2-9-24-21)16-10-14(25-20-16)12-23-17-5-3-4-13-11-19-7-6-15(13)17/h3-7,10-11H,1-2,8-9,12H2. The van der Waals surface area contributed by atoms with Crippen LogP contribution in [0.15, 0.2) is 47.2 Å². The van der Waals surface area contributed by atoms with E-state index in [0.29, 0.717) is 18.9 Å². The lowest BCUT2D eigenvalue weighted by Gasteiger charge is -2.24. The Kier molecular flexibility index (Phi) is 4.30. The number of nitrogens with zero attached hydrogens (tertiary/aromatic N) is 3. The lowest BCUT2D eigenvalue weighted by molar-refractivity contribution is -0.144. The Balaban J connectivity index is 1.45. The van der Waals surface area contributed by atoms with Crippen molar-refractivity contribution in [2.45, 2.75) is 19.4 Å². The van der Waals surface area contributed by atoms with Crippen LogP contribution in [0, 0.1) is 0 Å². The Bertz CT molecular complexity index is 881. The van der Waals surface area contributed by atoms with Crippen molar-refractivity contribution >= 4 is 16.7 Å². The molecule has 0 spiro atoms. The van der Waals surface area contributed by atoms with Crippen molar-refractivity contribution in [1.29, 1.82) is 0 Å². The summed E-state index contributed by atoms with van der Waals surface area (Å²) in [6, 6.07) is 9.24. The van der Waals surface area contributed by atoms with Gasteiger partial charge >= 0.3 is 0 Å². The first-order valence-electron chi connectivity index (χ1n) is 8.17. The first-order chi connectivity index (χ1) is 12.3. The van der Waals surface area contributed by atoms with E-state index >= 15 is 0 Å². The maximum absolute atomic E-state index is 12.3. The zero-order chi connectivity index (χ0) is 17.1. The Morgan fingerprint density at radius 2 is 2.24 bits per heavy atom. The Morgan fingerprint density at radius 1 is 1.28 bits per heavy atom. The van der Waals surface area contributed by atoms with Gasteiger partial charge < -0.3 is 9.26 Å². The summed E-state index contributed by atoms with van der Waals surface area (Å²) in [4.78, 5) is 21.7. The first kappa shape index (κ1) is 15.6. The number of amides is 1. The molecule has 7 heteroatoms. The molecule has 0 aliphatic carbocycles. The quantitative estimate of drug-likeness (QED) is 0.727. The molecule has 128 valence electrons. The van der Waals surface area contributed by atoms with Crippen LogP contribution in [-0.4, -0.2) is 34.3 Å². The van der Waals surface area contributed by atoms with Crippen LogP contribution in [0.1, 0.15) is 29.1 Å². The second-order valence-corrected chi connectivity index (χ2v) is 5.77. The SMILES string of the molecule is O=C(c1cc(COc2cccc3cnccc23)on1)N1CCCCO1. The minimum Gasteiger partial charge on any atom is -0.485 e. The molecule has 1 fully saturated rings. The Labute approximate surface area is 144 Å². The summed E-state index contributed by atoms with van der Waals surface area (Å²) >= 11 is 0. The van der Waals surface area contributed by atoms with Crippen LogP contribution >= 0.6 is 0 Å². The van der Waals surface area contributed by atoms with Crippen molar-refractivity contribution in [1.82, 2.24) is 15.2 Å². The van der Waals surface area contributed by atoms with Crippen LogP contribution in [-0.2, 0) is 11.4 Å². The normalized spacial score (nSPS) is 14.6. The highest BCUT2D eigenvalue weighted by Crippen LogP contribution is 2.25. The molecule has 1 aliphatic heterocycles. The topological polar surface area (TPSA) is 77.7 Å². The maximum atomic E-state index is 12.3. The number of hydrogen-bond donors (Lipinski definition) is 0. The third kappa shape index (κ3) is 3.32. The van der Waals surface area contributed by atoms with E-state index in [1.165, 1.54) is 5.06 Å². The Hall–Kier alpha value is -2.93. The van der Waals surface area contributed by atoms with Crippen LogP contribution in [0.2, 0.25) is 0 Å². The van der Waals surface area contributed by atoms with E-state index in [1.54, 1.807) is 18.5 Å². The molecule has 1 amide bonds. The summed E-state index contributed by atoms with van der Waals surface area (Å²) in [6.07, 6.45) is 5.39. The number of carbonyl (C=O) groups excluding carboxylic acids is 1. The lowest BCUT2D eigenvalue weighted by atomic mass is 10.1. The largest absolute Gasteiger partial charge is 0.485 e. The molecule has 1 aromatic carbocycles. The van der Waals surface area contributed by atoms with Crippen molar-refractivity contribution in [2.24, 2.45) is 0 Å². The zero-order valence-corrected chi connectivity index (χ0v) is 13.6. The van der Waals surface area contributed by atoms with Crippen molar-refractivity contribution in [3.63, 3.8) is 0 Å².